The summed E-state index contributed by atoms with van der Waals surface area (Å²) < 4.78 is 5.60. The minimum atomic E-state index is -1.00. The number of amides is 2. The van der Waals surface area contributed by atoms with Crippen LogP contribution in [0.15, 0.2) is 48.5 Å². The van der Waals surface area contributed by atoms with Crippen molar-refractivity contribution in [1.29, 1.82) is 0 Å². The van der Waals surface area contributed by atoms with Gasteiger partial charge in [-0.1, -0.05) is 68.3 Å². The molecule has 2 aromatic rings. The van der Waals surface area contributed by atoms with Gasteiger partial charge in [-0.15, -0.1) is 0 Å². The van der Waals surface area contributed by atoms with Crippen LogP contribution in [0.1, 0.15) is 56.1 Å². The van der Waals surface area contributed by atoms with Crippen LogP contribution >= 0.6 is 0 Å². The van der Waals surface area contributed by atoms with E-state index in [2.05, 4.69) is 17.4 Å². The highest BCUT2D eigenvalue weighted by Gasteiger charge is 2.37. The van der Waals surface area contributed by atoms with E-state index >= 15 is 0 Å². The number of carboxylic acid groups (broad SMARTS) is 1. The highest BCUT2D eigenvalue weighted by Crippen LogP contribution is 2.44. The molecule has 7 nitrogen and oxygen atoms in total. The number of alkyl carbamates (subject to hydrolysis) is 1. The Labute approximate surface area is 193 Å². The van der Waals surface area contributed by atoms with Gasteiger partial charge < -0.3 is 20.1 Å². The molecular formula is C26H30N2O5. The van der Waals surface area contributed by atoms with Crippen LogP contribution in [0, 0.1) is 0 Å². The molecule has 174 valence electrons. The van der Waals surface area contributed by atoms with Gasteiger partial charge in [-0.3, -0.25) is 4.79 Å². The summed E-state index contributed by atoms with van der Waals surface area (Å²) in [6.07, 6.45) is 2.48. The second-order valence-corrected chi connectivity index (χ2v) is 8.69. The number of carboxylic acids is 1. The molecule has 33 heavy (non-hydrogen) atoms. The lowest BCUT2D eigenvalue weighted by atomic mass is 9.98. The number of carbonyl (C=O) groups is 3. The van der Waals surface area contributed by atoms with E-state index < -0.39 is 24.1 Å². The van der Waals surface area contributed by atoms with Gasteiger partial charge in [0, 0.05) is 12.5 Å². The van der Waals surface area contributed by atoms with Crippen molar-refractivity contribution in [2.24, 2.45) is 0 Å². The molecule has 0 aromatic heterocycles. The molecule has 0 bridgehead atoms. The average molecular weight is 451 g/mol. The molecule has 2 atom stereocenters. The monoisotopic (exact) mass is 450 g/mol. The number of ether oxygens (including phenoxy) is 1. The molecule has 2 amide bonds. The van der Waals surface area contributed by atoms with E-state index in [1.807, 2.05) is 43.3 Å². The van der Waals surface area contributed by atoms with Gasteiger partial charge in [0.15, 0.2) is 0 Å². The second-order valence-electron chi connectivity index (χ2n) is 8.69. The Bertz CT molecular complexity index is 991. The van der Waals surface area contributed by atoms with E-state index in [1.54, 1.807) is 0 Å². The Hall–Kier alpha value is -3.35. The molecule has 1 fully saturated rings. The first-order valence-corrected chi connectivity index (χ1v) is 11.7. The van der Waals surface area contributed by atoms with Crippen molar-refractivity contribution in [3.05, 3.63) is 59.7 Å². The van der Waals surface area contributed by atoms with Crippen molar-refractivity contribution in [2.75, 3.05) is 13.2 Å². The Morgan fingerprint density at radius 3 is 2.33 bits per heavy atom. The number of aliphatic carboxylic acids is 1. The summed E-state index contributed by atoms with van der Waals surface area (Å²) >= 11 is 0. The average Bonchev–Trinajstić information content (AvgIpc) is 3.43. The Morgan fingerprint density at radius 1 is 1.09 bits per heavy atom. The van der Waals surface area contributed by atoms with E-state index in [9.17, 15) is 19.5 Å². The molecule has 1 saturated heterocycles. The Balaban J connectivity index is 1.43. The van der Waals surface area contributed by atoms with Crippen LogP contribution in [-0.2, 0) is 14.3 Å². The summed E-state index contributed by atoms with van der Waals surface area (Å²) in [6.45, 7) is 2.56. The van der Waals surface area contributed by atoms with Gasteiger partial charge in [0.05, 0.1) is 0 Å². The number of benzene rings is 2. The lowest BCUT2D eigenvalue weighted by molar-refractivity contribution is -0.149. The minimum Gasteiger partial charge on any atom is -0.480 e. The lowest BCUT2D eigenvalue weighted by Gasteiger charge is -2.27. The minimum absolute atomic E-state index is 0.0667. The normalized spacial score (nSPS) is 17.8. The zero-order chi connectivity index (χ0) is 23.4. The summed E-state index contributed by atoms with van der Waals surface area (Å²) in [4.78, 5) is 38.7. The van der Waals surface area contributed by atoms with Crippen LogP contribution in [0.3, 0.4) is 0 Å². The fourth-order valence-corrected chi connectivity index (χ4v) is 4.94. The topological polar surface area (TPSA) is 95.9 Å². The van der Waals surface area contributed by atoms with E-state index in [0.717, 1.165) is 35.1 Å². The second kappa shape index (κ2) is 10.1. The Kier molecular flexibility index (Phi) is 6.96. The van der Waals surface area contributed by atoms with Crippen LogP contribution in [-0.4, -0.2) is 53.2 Å². The molecule has 1 unspecified atom stereocenters. The van der Waals surface area contributed by atoms with Crippen molar-refractivity contribution in [3.8, 4) is 11.1 Å². The van der Waals surface area contributed by atoms with Crippen molar-refractivity contribution in [3.63, 3.8) is 0 Å². The standard InChI is InChI=1S/C26H30N2O5/c1-2-3-13-22(24(29)28-15-8-14-23(28)25(30)31)27-26(32)33-16-21-19-11-6-4-9-17(19)18-10-5-7-12-20(18)21/h4-7,9-12,21-23H,2-3,8,13-16H2,1H3,(H,27,32)(H,30,31)/t22-,23?/m0/s1. The maximum Gasteiger partial charge on any atom is 0.407 e. The first-order valence-electron chi connectivity index (χ1n) is 11.7. The van der Waals surface area contributed by atoms with Crippen molar-refractivity contribution in [2.45, 2.75) is 57.0 Å². The van der Waals surface area contributed by atoms with Gasteiger partial charge >= 0.3 is 12.1 Å². The van der Waals surface area contributed by atoms with E-state index in [4.69, 9.17) is 4.74 Å². The summed E-state index contributed by atoms with van der Waals surface area (Å²) in [5.74, 6) is -1.42. The summed E-state index contributed by atoms with van der Waals surface area (Å²) in [7, 11) is 0. The van der Waals surface area contributed by atoms with Crippen LogP contribution in [0.2, 0.25) is 0 Å². The molecule has 1 aliphatic heterocycles. The quantitative estimate of drug-likeness (QED) is 0.630. The molecule has 2 aliphatic rings. The molecule has 1 heterocycles. The highest BCUT2D eigenvalue weighted by molar-refractivity contribution is 5.89. The first-order chi connectivity index (χ1) is 16.0. The van der Waals surface area contributed by atoms with Crippen molar-refractivity contribution >= 4 is 18.0 Å². The number of likely N-dealkylation sites (tertiary alicyclic amines) is 1. The van der Waals surface area contributed by atoms with Crippen molar-refractivity contribution in [1.82, 2.24) is 10.2 Å². The smallest absolute Gasteiger partial charge is 0.407 e. The number of nitrogens with one attached hydrogen (secondary N) is 1. The number of nitrogens with zero attached hydrogens (tertiary/aromatic N) is 1. The van der Waals surface area contributed by atoms with E-state index in [1.165, 1.54) is 4.90 Å². The van der Waals surface area contributed by atoms with Crippen molar-refractivity contribution < 1.29 is 24.2 Å². The van der Waals surface area contributed by atoms with E-state index in [0.29, 0.717) is 25.8 Å². The zero-order valence-corrected chi connectivity index (χ0v) is 18.8. The maximum atomic E-state index is 13.1. The van der Waals surface area contributed by atoms with Crippen LogP contribution in [0.25, 0.3) is 11.1 Å². The number of fused-ring (bicyclic) bond motifs is 3. The van der Waals surface area contributed by atoms with Gasteiger partial charge in [0.2, 0.25) is 5.91 Å². The number of hydrogen-bond acceptors (Lipinski definition) is 4. The molecule has 0 radical (unpaired) electrons. The molecular weight excluding hydrogens is 420 g/mol. The van der Waals surface area contributed by atoms with Gasteiger partial charge in [-0.05, 0) is 41.5 Å². The summed E-state index contributed by atoms with van der Waals surface area (Å²) in [5, 5.41) is 12.1. The van der Waals surface area contributed by atoms with E-state index in [-0.39, 0.29) is 18.4 Å². The zero-order valence-electron chi connectivity index (χ0n) is 18.8. The fourth-order valence-electron chi connectivity index (χ4n) is 4.94. The third-order valence-electron chi connectivity index (χ3n) is 6.60. The number of carbonyl (C=O) groups excluding carboxylic acids is 2. The number of rotatable bonds is 8. The first kappa shape index (κ1) is 22.8. The van der Waals surface area contributed by atoms with Gasteiger partial charge in [0.1, 0.15) is 18.7 Å². The molecule has 2 aromatic carbocycles. The molecule has 0 saturated carbocycles. The predicted octanol–water partition coefficient (Wildman–Crippen LogP) is 4.16. The van der Waals surface area contributed by atoms with Crippen LogP contribution in [0.5, 0.6) is 0 Å². The van der Waals surface area contributed by atoms with Gasteiger partial charge in [0.25, 0.3) is 0 Å². The van der Waals surface area contributed by atoms with Gasteiger partial charge in [-0.25, -0.2) is 9.59 Å². The fraction of sp³-hybridized carbons (Fsp3) is 0.423. The molecule has 2 N–H and O–H groups in total. The van der Waals surface area contributed by atoms with Crippen LogP contribution < -0.4 is 5.32 Å². The number of hydrogen-bond donors (Lipinski definition) is 2. The van der Waals surface area contributed by atoms with Gasteiger partial charge in [-0.2, -0.15) is 0 Å². The maximum absolute atomic E-state index is 13.1. The lowest BCUT2D eigenvalue weighted by Crippen LogP contribution is -2.51. The Morgan fingerprint density at radius 2 is 1.73 bits per heavy atom. The summed E-state index contributed by atoms with van der Waals surface area (Å²) in [6, 6.07) is 14.6. The van der Waals surface area contributed by atoms with Crippen LogP contribution in [0.4, 0.5) is 4.79 Å². The highest BCUT2D eigenvalue weighted by atomic mass is 16.5. The molecule has 0 spiro atoms. The molecule has 1 aliphatic carbocycles. The largest absolute Gasteiger partial charge is 0.480 e. The predicted molar refractivity (Wildman–Crippen MR) is 124 cm³/mol. The molecule has 4 rings (SSSR count). The molecule has 7 heteroatoms. The third kappa shape index (κ3) is 4.72. The number of unbranched alkanes of at least 4 members (excludes halogenated alkanes) is 1. The summed E-state index contributed by atoms with van der Waals surface area (Å²) in [5.41, 5.74) is 4.52. The SMILES string of the molecule is CCCC[C@H](NC(=O)OCC1c2ccccc2-c2ccccc21)C(=O)N1CCCC1C(=O)O. The third-order valence-corrected chi connectivity index (χ3v) is 6.60.